The van der Waals surface area contributed by atoms with Gasteiger partial charge in [-0.3, -0.25) is 4.18 Å². The maximum Gasteiger partial charge on any atom is 0.264 e. The lowest BCUT2D eigenvalue weighted by molar-refractivity contribution is 0.326. The lowest BCUT2D eigenvalue weighted by Gasteiger charge is -2.28. The van der Waals surface area contributed by atoms with Crippen LogP contribution in [0, 0.1) is 6.92 Å². The van der Waals surface area contributed by atoms with E-state index in [9.17, 15) is 8.42 Å². The molecule has 0 radical (unpaired) electrons. The molecule has 1 aromatic heterocycles. The van der Waals surface area contributed by atoms with Gasteiger partial charge in [0.15, 0.2) is 0 Å². The smallest absolute Gasteiger partial charge is 0.264 e. The molecule has 0 saturated carbocycles. The zero-order chi connectivity index (χ0) is 25.3. The minimum atomic E-state index is -3.43. The number of aryl methyl sites for hydroxylation is 1. The Kier molecular flexibility index (Phi) is 6.79. The van der Waals surface area contributed by atoms with Gasteiger partial charge in [0.05, 0.1) is 18.6 Å². The van der Waals surface area contributed by atoms with Crippen molar-refractivity contribution in [2.75, 3.05) is 18.2 Å². The van der Waals surface area contributed by atoms with E-state index in [1.807, 2.05) is 49.5 Å². The first-order valence-corrected chi connectivity index (χ1v) is 13.9. The van der Waals surface area contributed by atoms with Gasteiger partial charge in [0.25, 0.3) is 10.1 Å². The van der Waals surface area contributed by atoms with Crippen LogP contribution in [0.4, 0.5) is 11.6 Å². The molecule has 0 spiro atoms. The fraction of sp³-hybridized carbons (Fsp3) is 0.214. The van der Waals surface area contributed by atoms with Crippen molar-refractivity contribution in [2.45, 2.75) is 25.7 Å². The number of nitrogens with zero attached hydrogens (tertiary/aromatic N) is 2. The third-order valence-electron chi connectivity index (χ3n) is 6.31. The van der Waals surface area contributed by atoms with E-state index in [0.717, 1.165) is 56.9 Å². The van der Waals surface area contributed by atoms with Crippen LogP contribution >= 0.6 is 11.6 Å². The second kappa shape index (κ2) is 10.0. The molecule has 0 fully saturated rings. The molecule has 184 valence electrons. The van der Waals surface area contributed by atoms with E-state index < -0.39 is 10.1 Å². The van der Waals surface area contributed by atoms with Crippen LogP contribution in [-0.4, -0.2) is 31.2 Å². The number of anilines is 2. The van der Waals surface area contributed by atoms with Crippen molar-refractivity contribution in [3.63, 3.8) is 0 Å². The van der Waals surface area contributed by atoms with E-state index in [4.69, 9.17) is 20.8 Å². The lowest BCUT2D eigenvalue weighted by atomic mass is 9.78. The van der Waals surface area contributed by atoms with Crippen molar-refractivity contribution in [1.29, 1.82) is 0 Å². The molecular weight excluding hydrogens is 494 g/mol. The van der Waals surface area contributed by atoms with Gasteiger partial charge in [-0.15, -0.1) is 0 Å². The van der Waals surface area contributed by atoms with Crippen molar-refractivity contribution >= 4 is 33.4 Å². The summed E-state index contributed by atoms with van der Waals surface area (Å²) in [4.78, 5) is 9.45. The van der Waals surface area contributed by atoms with Gasteiger partial charge in [-0.25, -0.2) is 9.97 Å². The largest absolute Gasteiger partial charge is 0.324 e. The summed E-state index contributed by atoms with van der Waals surface area (Å²) in [6, 6.07) is 22.3. The standard InChI is InChI=1S/C28H26ClN3O3S/c1-18-7-12-23(26(29)15-18)25-16-20-17-30-28(32-27(20)24-6-4-3-5-22(24)25)31-21-10-8-19(9-11-21)13-14-35-36(2,33)34/h3-12,15,17,25H,13-14,16H2,1-2H3,(H,30,31,32). The fourth-order valence-corrected chi connectivity index (χ4v) is 5.34. The van der Waals surface area contributed by atoms with E-state index in [-0.39, 0.29) is 12.5 Å². The van der Waals surface area contributed by atoms with Gasteiger partial charge in [0.2, 0.25) is 5.95 Å². The molecule has 1 heterocycles. The van der Waals surface area contributed by atoms with E-state index in [0.29, 0.717) is 12.4 Å². The molecule has 0 amide bonds. The average molecular weight is 520 g/mol. The monoisotopic (exact) mass is 519 g/mol. The molecule has 6 nitrogen and oxygen atoms in total. The average Bonchev–Trinajstić information content (AvgIpc) is 2.84. The molecule has 1 aliphatic rings. The summed E-state index contributed by atoms with van der Waals surface area (Å²) >= 11 is 6.66. The van der Waals surface area contributed by atoms with Gasteiger partial charge < -0.3 is 5.32 Å². The predicted octanol–water partition coefficient (Wildman–Crippen LogP) is 6.06. The summed E-state index contributed by atoms with van der Waals surface area (Å²) in [6.07, 6.45) is 4.23. The molecule has 1 atom stereocenters. The van der Waals surface area contributed by atoms with Crippen LogP contribution in [0.3, 0.4) is 0 Å². The highest BCUT2D eigenvalue weighted by atomic mass is 35.5. The highest BCUT2D eigenvalue weighted by molar-refractivity contribution is 7.85. The van der Waals surface area contributed by atoms with Crippen molar-refractivity contribution in [1.82, 2.24) is 9.97 Å². The zero-order valence-electron chi connectivity index (χ0n) is 20.0. The number of fused-ring (bicyclic) bond motifs is 3. The van der Waals surface area contributed by atoms with Crippen LogP contribution in [0.5, 0.6) is 0 Å². The molecule has 0 bridgehead atoms. The Morgan fingerprint density at radius 3 is 2.58 bits per heavy atom. The summed E-state index contributed by atoms with van der Waals surface area (Å²) in [5.74, 6) is 0.659. The minimum absolute atomic E-state index is 0.119. The second-order valence-electron chi connectivity index (χ2n) is 9.03. The molecule has 8 heteroatoms. The van der Waals surface area contributed by atoms with Gasteiger partial charge in [-0.2, -0.15) is 8.42 Å². The lowest BCUT2D eigenvalue weighted by Crippen LogP contribution is -2.15. The Hall–Kier alpha value is -3.26. The van der Waals surface area contributed by atoms with Crippen LogP contribution in [0.25, 0.3) is 11.3 Å². The molecule has 1 unspecified atom stereocenters. The molecule has 4 aromatic rings. The Labute approximate surface area is 216 Å². The molecule has 1 N–H and O–H groups in total. The molecule has 36 heavy (non-hydrogen) atoms. The maximum atomic E-state index is 11.1. The Bertz CT molecular complexity index is 1520. The first-order valence-electron chi connectivity index (χ1n) is 11.7. The quantitative estimate of drug-likeness (QED) is 0.299. The first kappa shape index (κ1) is 24.4. The van der Waals surface area contributed by atoms with E-state index in [1.54, 1.807) is 0 Å². The normalized spacial score (nSPS) is 14.7. The maximum absolute atomic E-state index is 11.1. The second-order valence-corrected chi connectivity index (χ2v) is 11.1. The number of rotatable bonds is 7. The zero-order valence-corrected chi connectivity index (χ0v) is 21.6. The van der Waals surface area contributed by atoms with E-state index in [1.165, 1.54) is 5.56 Å². The van der Waals surface area contributed by atoms with Crippen LogP contribution in [0.2, 0.25) is 5.02 Å². The number of halogens is 1. The number of hydrogen-bond donors (Lipinski definition) is 1. The van der Waals surface area contributed by atoms with E-state index in [2.05, 4.69) is 40.6 Å². The topological polar surface area (TPSA) is 81.2 Å². The highest BCUT2D eigenvalue weighted by Gasteiger charge is 2.28. The summed E-state index contributed by atoms with van der Waals surface area (Å²) in [6.45, 7) is 2.16. The van der Waals surface area contributed by atoms with Crippen LogP contribution < -0.4 is 5.32 Å². The number of benzene rings is 3. The van der Waals surface area contributed by atoms with Crippen LogP contribution in [0.1, 0.15) is 33.7 Å². The Morgan fingerprint density at radius 2 is 1.83 bits per heavy atom. The minimum Gasteiger partial charge on any atom is -0.324 e. The predicted molar refractivity (Wildman–Crippen MR) is 143 cm³/mol. The summed E-state index contributed by atoms with van der Waals surface area (Å²) in [5, 5.41) is 4.06. The van der Waals surface area contributed by atoms with E-state index >= 15 is 0 Å². The Balaban J connectivity index is 1.37. The van der Waals surface area contributed by atoms with Gasteiger partial charge >= 0.3 is 0 Å². The van der Waals surface area contributed by atoms with Crippen molar-refractivity contribution in [2.24, 2.45) is 0 Å². The molecular formula is C28H26ClN3O3S. The van der Waals surface area contributed by atoms with Crippen molar-refractivity contribution in [3.8, 4) is 11.3 Å². The molecule has 0 saturated heterocycles. The Morgan fingerprint density at radius 1 is 1.06 bits per heavy atom. The summed E-state index contributed by atoms with van der Waals surface area (Å²) in [5.41, 5.74) is 8.39. The van der Waals surface area contributed by atoms with Crippen molar-refractivity contribution in [3.05, 3.63) is 106 Å². The molecule has 1 aliphatic carbocycles. The third-order valence-corrected chi connectivity index (χ3v) is 7.23. The van der Waals surface area contributed by atoms with Gasteiger partial charge in [-0.1, -0.05) is 60.1 Å². The molecule has 3 aromatic carbocycles. The molecule has 0 aliphatic heterocycles. The third kappa shape index (κ3) is 5.43. The number of aromatic nitrogens is 2. The summed E-state index contributed by atoms with van der Waals surface area (Å²) in [7, 11) is -3.43. The molecule has 5 rings (SSSR count). The summed E-state index contributed by atoms with van der Waals surface area (Å²) < 4.78 is 27.1. The van der Waals surface area contributed by atoms with Gasteiger partial charge in [0, 0.05) is 28.4 Å². The highest BCUT2D eigenvalue weighted by Crippen LogP contribution is 2.43. The fourth-order valence-electron chi connectivity index (χ4n) is 4.58. The van der Waals surface area contributed by atoms with Crippen LogP contribution in [-0.2, 0) is 27.1 Å². The first-order chi connectivity index (χ1) is 17.3. The van der Waals surface area contributed by atoms with Crippen LogP contribution in [0.15, 0.2) is 72.9 Å². The SMILES string of the molecule is Cc1ccc(C2Cc3cnc(Nc4ccc(CCOS(C)(=O)=O)cc4)nc3-c3ccccc32)c(Cl)c1. The number of hydrogen-bond acceptors (Lipinski definition) is 6. The van der Waals surface area contributed by atoms with Gasteiger partial charge in [-0.05, 0) is 65.8 Å². The number of nitrogens with one attached hydrogen (secondary N) is 1. The van der Waals surface area contributed by atoms with Gasteiger partial charge in [0.1, 0.15) is 0 Å². The van der Waals surface area contributed by atoms with Crippen molar-refractivity contribution < 1.29 is 12.6 Å².